The van der Waals surface area contributed by atoms with Crippen LogP contribution >= 0.6 is 15.9 Å². The Kier molecular flexibility index (Phi) is 5.69. The summed E-state index contributed by atoms with van der Waals surface area (Å²) >= 11 is 3.43. The minimum absolute atomic E-state index is 0.0325. The van der Waals surface area contributed by atoms with Gasteiger partial charge in [-0.2, -0.15) is 10.1 Å². The molecule has 3 rings (SSSR count). The minimum Gasteiger partial charge on any atom is -0.493 e. The summed E-state index contributed by atoms with van der Waals surface area (Å²) in [5.41, 5.74) is 2.16. The van der Waals surface area contributed by atoms with Crippen molar-refractivity contribution in [1.29, 1.82) is 0 Å². The number of benzene rings is 2. The van der Waals surface area contributed by atoms with Gasteiger partial charge in [-0.25, -0.2) is 13.6 Å². The zero-order chi connectivity index (χ0) is 20.5. The van der Waals surface area contributed by atoms with Crippen molar-refractivity contribution in [3.8, 4) is 5.75 Å². The van der Waals surface area contributed by atoms with Crippen molar-refractivity contribution in [1.82, 2.24) is 0 Å². The van der Waals surface area contributed by atoms with Gasteiger partial charge in [-0.3, -0.25) is 4.79 Å². The van der Waals surface area contributed by atoms with Crippen molar-refractivity contribution in [3.63, 3.8) is 0 Å². The Bertz CT molecular complexity index is 1090. The number of carbonyl (C=O) groups excluding carboxylic acids is 1. The number of hydrogen-bond acceptors (Lipinski definition) is 5. The third-order valence-corrected chi connectivity index (χ3v) is 5.47. The van der Waals surface area contributed by atoms with E-state index in [1.165, 1.54) is 29.3 Å². The molecule has 0 aliphatic carbocycles. The molecule has 146 valence electrons. The average molecular weight is 464 g/mol. The molecule has 9 heteroatoms. The van der Waals surface area contributed by atoms with E-state index in [1.807, 2.05) is 25.1 Å². The number of sulfonamides is 1. The molecule has 2 aromatic carbocycles. The Hall–Kier alpha value is -2.49. The van der Waals surface area contributed by atoms with Crippen LogP contribution in [0, 0.1) is 0 Å². The quantitative estimate of drug-likeness (QED) is 0.686. The van der Waals surface area contributed by atoms with Gasteiger partial charge in [0.2, 0.25) is 10.0 Å². The van der Waals surface area contributed by atoms with Crippen LogP contribution in [0.4, 0.5) is 5.69 Å². The molecule has 0 radical (unpaired) electrons. The number of carbonyl (C=O) groups is 1. The van der Waals surface area contributed by atoms with Gasteiger partial charge in [0.15, 0.2) is 0 Å². The number of anilines is 1. The van der Waals surface area contributed by atoms with E-state index in [9.17, 15) is 13.2 Å². The van der Waals surface area contributed by atoms with Gasteiger partial charge in [-0.15, -0.1) is 0 Å². The predicted molar refractivity (Wildman–Crippen MR) is 112 cm³/mol. The molecule has 1 heterocycles. The van der Waals surface area contributed by atoms with E-state index in [0.29, 0.717) is 29.3 Å². The minimum atomic E-state index is -3.80. The Labute approximate surface area is 171 Å². The second kappa shape index (κ2) is 7.86. The Morgan fingerprint density at radius 1 is 1.21 bits per heavy atom. The van der Waals surface area contributed by atoms with Gasteiger partial charge in [0, 0.05) is 10.0 Å². The molecule has 1 aliphatic rings. The number of hydrogen-bond donors (Lipinski definition) is 1. The highest BCUT2D eigenvalue weighted by atomic mass is 79.9. The van der Waals surface area contributed by atoms with Gasteiger partial charge in [-0.05, 0) is 62.4 Å². The summed E-state index contributed by atoms with van der Waals surface area (Å²) in [6, 6.07) is 11.2. The maximum atomic E-state index is 12.9. The zero-order valence-corrected chi connectivity index (χ0v) is 17.6. The van der Waals surface area contributed by atoms with Crippen LogP contribution in [0.1, 0.15) is 19.4 Å². The predicted octanol–water partition coefficient (Wildman–Crippen LogP) is 3.30. The molecule has 0 bridgehead atoms. The Morgan fingerprint density at radius 3 is 2.50 bits per heavy atom. The van der Waals surface area contributed by atoms with Crippen LogP contribution in [0.15, 0.2) is 62.5 Å². The maximum absolute atomic E-state index is 12.9. The summed E-state index contributed by atoms with van der Waals surface area (Å²) in [6.45, 7) is 4.13. The van der Waals surface area contributed by atoms with Crippen molar-refractivity contribution in [2.24, 2.45) is 10.2 Å². The van der Waals surface area contributed by atoms with Gasteiger partial charge in [-0.1, -0.05) is 15.9 Å². The van der Waals surface area contributed by atoms with Crippen molar-refractivity contribution >= 4 is 49.3 Å². The number of ether oxygens (including phenoxy) is 1. The normalized spacial score (nSPS) is 15.9. The summed E-state index contributed by atoms with van der Waals surface area (Å²) in [7, 11) is -3.80. The molecule has 0 unspecified atom stereocenters. The molecule has 1 amide bonds. The molecule has 0 atom stereocenters. The topological polar surface area (TPSA) is 102 Å². The summed E-state index contributed by atoms with van der Waals surface area (Å²) in [5.74, 6) is 0.345. The first kappa shape index (κ1) is 20.2. The first-order valence-electron chi connectivity index (χ1n) is 8.37. The van der Waals surface area contributed by atoms with Crippen molar-refractivity contribution < 1.29 is 17.9 Å². The first-order chi connectivity index (χ1) is 13.2. The number of primary sulfonamides is 1. The van der Waals surface area contributed by atoms with Crippen molar-refractivity contribution in [3.05, 3.63) is 58.1 Å². The number of nitrogens with zero attached hydrogens (tertiary/aromatic N) is 2. The zero-order valence-electron chi connectivity index (χ0n) is 15.2. The third kappa shape index (κ3) is 4.16. The van der Waals surface area contributed by atoms with E-state index in [1.54, 1.807) is 13.0 Å². The summed E-state index contributed by atoms with van der Waals surface area (Å²) in [4.78, 5) is 12.9. The number of hydrazone groups is 1. The second-order valence-corrected chi connectivity index (χ2v) is 8.49. The van der Waals surface area contributed by atoms with Gasteiger partial charge >= 0.3 is 0 Å². The largest absolute Gasteiger partial charge is 0.493 e. The molecular formula is C19H18BrN3O4S. The molecule has 0 spiro atoms. The van der Waals surface area contributed by atoms with Crippen molar-refractivity contribution in [2.75, 3.05) is 11.6 Å². The van der Waals surface area contributed by atoms with Gasteiger partial charge in [0.05, 0.1) is 28.5 Å². The van der Waals surface area contributed by atoms with Crippen LogP contribution in [-0.4, -0.2) is 26.6 Å². The van der Waals surface area contributed by atoms with Crippen LogP contribution < -0.4 is 14.9 Å². The van der Waals surface area contributed by atoms with E-state index < -0.39 is 10.0 Å². The van der Waals surface area contributed by atoms with Crippen LogP contribution in [0.3, 0.4) is 0 Å². The number of nitrogens with two attached hydrogens (primary N) is 1. The van der Waals surface area contributed by atoms with Gasteiger partial charge < -0.3 is 4.74 Å². The lowest BCUT2D eigenvalue weighted by atomic mass is 10.1. The monoisotopic (exact) mass is 463 g/mol. The van der Waals surface area contributed by atoms with Gasteiger partial charge in [0.1, 0.15) is 5.75 Å². The van der Waals surface area contributed by atoms with Crippen LogP contribution in [0.25, 0.3) is 6.08 Å². The fourth-order valence-electron chi connectivity index (χ4n) is 2.71. The molecule has 0 saturated carbocycles. The lowest BCUT2D eigenvalue weighted by molar-refractivity contribution is -0.114. The van der Waals surface area contributed by atoms with Crippen molar-refractivity contribution in [2.45, 2.75) is 18.7 Å². The standard InChI is InChI=1S/C19H18BrN3O4S/c1-3-27-18-9-4-14(20)10-13(18)11-17-12(2)22-23(19(17)24)15-5-7-16(8-6-15)28(21,25)26/h4-11H,3H2,1-2H3,(H2,21,25,26)/b17-11-. The van der Waals surface area contributed by atoms with E-state index in [4.69, 9.17) is 9.88 Å². The average Bonchev–Trinajstić information content (AvgIpc) is 2.92. The summed E-state index contributed by atoms with van der Waals surface area (Å²) in [6.07, 6.45) is 1.73. The summed E-state index contributed by atoms with van der Waals surface area (Å²) < 4.78 is 29.3. The fraction of sp³-hybridized carbons (Fsp3) is 0.158. The Morgan fingerprint density at radius 2 is 1.89 bits per heavy atom. The molecule has 1 aliphatic heterocycles. The van der Waals surface area contributed by atoms with Crippen LogP contribution in [0.5, 0.6) is 5.75 Å². The van der Waals surface area contributed by atoms with Gasteiger partial charge in [0.25, 0.3) is 5.91 Å². The molecule has 2 aromatic rings. The molecule has 7 nitrogen and oxygen atoms in total. The molecule has 0 aromatic heterocycles. The molecule has 0 fully saturated rings. The fourth-order valence-corrected chi connectivity index (χ4v) is 3.61. The lowest BCUT2D eigenvalue weighted by Gasteiger charge is -2.12. The molecular weight excluding hydrogens is 446 g/mol. The van der Waals surface area contributed by atoms with E-state index in [0.717, 1.165) is 10.0 Å². The first-order valence-corrected chi connectivity index (χ1v) is 10.7. The van der Waals surface area contributed by atoms with E-state index >= 15 is 0 Å². The highest BCUT2D eigenvalue weighted by Gasteiger charge is 2.29. The molecule has 0 saturated heterocycles. The van der Waals surface area contributed by atoms with E-state index in [2.05, 4.69) is 21.0 Å². The maximum Gasteiger partial charge on any atom is 0.280 e. The highest BCUT2D eigenvalue weighted by Crippen LogP contribution is 2.30. The Balaban J connectivity index is 1.95. The van der Waals surface area contributed by atoms with E-state index in [-0.39, 0.29) is 10.8 Å². The number of amides is 1. The van der Waals surface area contributed by atoms with Crippen LogP contribution in [0.2, 0.25) is 0 Å². The summed E-state index contributed by atoms with van der Waals surface area (Å²) in [5, 5.41) is 10.6. The molecule has 28 heavy (non-hydrogen) atoms. The SMILES string of the molecule is CCOc1ccc(Br)cc1/C=C1\C(=O)N(c2ccc(S(N)(=O)=O)cc2)N=C1C. The second-order valence-electron chi connectivity index (χ2n) is 6.01. The molecule has 2 N–H and O–H groups in total. The van der Waals surface area contributed by atoms with Crippen LogP contribution in [-0.2, 0) is 14.8 Å². The number of rotatable bonds is 5. The third-order valence-electron chi connectivity index (χ3n) is 4.04. The number of halogens is 1. The lowest BCUT2D eigenvalue weighted by Crippen LogP contribution is -2.21. The smallest absolute Gasteiger partial charge is 0.280 e. The highest BCUT2D eigenvalue weighted by molar-refractivity contribution is 9.10.